The molecule has 2 saturated carbocycles. The predicted octanol–water partition coefficient (Wildman–Crippen LogP) is 2.28. The van der Waals surface area contributed by atoms with Gasteiger partial charge < -0.3 is 16.4 Å². The lowest BCUT2D eigenvalue weighted by Gasteiger charge is -2.45. The standard InChI is InChI=1S/C20H29N3O2/c1-2-17(24)22-19(13-7-4-3-5-8-13)20(25)23-18-14-9-6-10-15(18)12-16(21)11-14/h3-5,7-8,14-16,18-19H,2,6,9-12,21H2,1H3,(H,22,24)(H,23,25). The average molecular weight is 343 g/mol. The number of rotatable bonds is 5. The van der Waals surface area contributed by atoms with Crippen LogP contribution in [0.15, 0.2) is 30.3 Å². The Kier molecular flexibility index (Phi) is 5.74. The van der Waals surface area contributed by atoms with Crippen molar-refractivity contribution in [3.63, 3.8) is 0 Å². The largest absolute Gasteiger partial charge is 0.351 e. The summed E-state index contributed by atoms with van der Waals surface area (Å²) in [6.07, 6.45) is 5.82. The fourth-order valence-electron chi connectivity index (χ4n) is 4.48. The minimum Gasteiger partial charge on any atom is -0.351 e. The van der Waals surface area contributed by atoms with E-state index < -0.39 is 6.04 Å². The van der Waals surface area contributed by atoms with Crippen molar-refractivity contribution >= 4 is 11.8 Å². The van der Waals surface area contributed by atoms with E-state index in [4.69, 9.17) is 5.73 Å². The van der Waals surface area contributed by atoms with Crippen molar-refractivity contribution < 1.29 is 9.59 Å². The Bertz CT molecular complexity index is 590. The second kappa shape index (κ2) is 8.00. The number of benzene rings is 1. The number of amides is 2. The number of carbonyl (C=O) groups is 2. The summed E-state index contributed by atoms with van der Waals surface area (Å²) in [5.41, 5.74) is 7.00. The SMILES string of the molecule is CCC(=O)NC(C(=O)NC1C2CCCC1CC(N)C2)c1ccccc1. The molecule has 0 aromatic heterocycles. The lowest BCUT2D eigenvalue weighted by Crippen LogP contribution is -2.55. The molecule has 0 aliphatic heterocycles. The maximum absolute atomic E-state index is 13.0. The van der Waals surface area contributed by atoms with Gasteiger partial charge in [-0.2, -0.15) is 0 Å². The topological polar surface area (TPSA) is 84.2 Å². The van der Waals surface area contributed by atoms with Crippen LogP contribution < -0.4 is 16.4 Å². The van der Waals surface area contributed by atoms with E-state index in [1.165, 1.54) is 6.42 Å². The summed E-state index contributed by atoms with van der Waals surface area (Å²) < 4.78 is 0. The molecule has 2 amide bonds. The number of nitrogens with one attached hydrogen (secondary N) is 2. The molecule has 25 heavy (non-hydrogen) atoms. The van der Waals surface area contributed by atoms with Gasteiger partial charge in [0.25, 0.3) is 0 Å². The number of nitrogens with two attached hydrogens (primary N) is 1. The zero-order chi connectivity index (χ0) is 17.8. The van der Waals surface area contributed by atoms with E-state index in [1.807, 2.05) is 30.3 Å². The van der Waals surface area contributed by atoms with Crippen LogP contribution in [0, 0.1) is 11.8 Å². The lowest BCUT2D eigenvalue weighted by atomic mass is 9.67. The van der Waals surface area contributed by atoms with E-state index in [1.54, 1.807) is 6.92 Å². The number of carbonyl (C=O) groups excluding carboxylic acids is 2. The molecule has 3 rings (SSSR count). The first-order valence-electron chi connectivity index (χ1n) is 9.48. The first kappa shape index (κ1) is 17.9. The first-order chi connectivity index (χ1) is 12.1. The zero-order valence-corrected chi connectivity index (χ0v) is 14.9. The fourth-order valence-corrected chi connectivity index (χ4v) is 4.48. The normalized spacial score (nSPS) is 29.5. The summed E-state index contributed by atoms with van der Waals surface area (Å²) in [7, 11) is 0. The molecule has 1 aromatic rings. The van der Waals surface area contributed by atoms with Crippen LogP contribution in [-0.2, 0) is 9.59 Å². The van der Waals surface area contributed by atoms with Crippen molar-refractivity contribution in [2.75, 3.05) is 0 Å². The molecule has 2 aliphatic carbocycles. The highest BCUT2D eigenvalue weighted by molar-refractivity contribution is 5.88. The Morgan fingerprint density at radius 1 is 1.16 bits per heavy atom. The Morgan fingerprint density at radius 2 is 1.80 bits per heavy atom. The summed E-state index contributed by atoms with van der Waals surface area (Å²) in [6, 6.07) is 9.27. The lowest BCUT2D eigenvalue weighted by molar-refractivity contribution is -0.130. The zero-order valence-electron chi connectivity index (χ0n) is 14.9. The van der Waals surface area contributed by atoms with Crippen LogP contribution in [0.5, 0.6) is 0 Å². The molecular formula is C20H29N3O2. The van der Waals surface area contributed by atoms with Gasteiger partial charge in [0, 0.05) is 18.5 Å². The quantitative estimate of drug-likeness (QED) is 0.767. The Morgan fingerprint density at radius 3 is 2.40 bits per heavy atom. The third-order valence-corrected chi connectivity index (χ3v) is 5.71. The summed E-state index contributed by atoms with van der Waals surface area (Å²) in [5, 5.41) is 6.13. The molecule has 1 aromatic carbocycles. The fraction of sp³-hybridized carbons (Fsp3) is 0.600. The van der Waals surface area contributed by atoms with Gasteiger partial charge in [0.1, 0.15) is 6.04 Å². The van der Waals surface area contributed by atoms with E-state index in [9.17, 15) is 9.59 Å². The van der Waals surface area contributed by atoms with Gasteiger partial charge in [0.05, 0.1) is 0 Å². The Hall–Kier alpha value is -1.88. The first-order valence-corrected chi connectivity index (χ1v) is 9.48. The van der Waals surface area contributed by atoms with Gasteiger partial charge in [-0.05, 0) is 43.1 Å². The molecule has 0 spiro atoms. The monoisotopic (exact) mass is 343 g/mol. The molecule has 5 heteroatoms. The molecule has 4 N–H and O–H groups in total. The minimum atomic E-state index is -0.634. The summed E-state index contributed by atoms with van der Waals surface area (Å²) in [6.45, 7) is 1.79. The van der Waals surface area contributed by atoms with Crippen LogP contribution in [0.1, 0.15) is 57.1 Å². The second-order valence-electron chi connectivity index (χ2n) is 7.48. The molecule has 2 aliphatic rings. The molecular weight excluding hydrogens is 314 g/mol. The molecule has 136 valence electrons. The van der Waals surface area contributed by atoms with E-state index in [2.05, 4.69) is 10.6 Å². The number of hydrogen-bond acceptors (Lipinski definition) is 3. The van der Waals surface area contributed by atoms with Crippen LogP contribution in [0.2, 0.25) is 0 Å². The second-order valence-corrected chi connectivity index (χ2v) is 7.48. The van der Waals surface area contributed by atoms with Crippen molar-refractivity contribution in [3.8, 4) is 0 Å². The molecule has 5 nitrogen and oxygen atoms in total. The minimum absolute atomic E-state index is 0.106. The molecule has 3 unspecified atom stereocenters. The van der Waals surface area contributed by atoms with E-state index in [0.29, 0.717) is 18.3 Å². The van der Waals surface area contributed by atoms with E-state index in [-0.39, 0.29) is 23.9 Å². The highest BCUT2D eigenvalue weighted by atomic mass is 16.2. The van der Waals surface area contributed by atoms with Gasteiger partial charge in [0.15, 0.2) is 0 Å². The average Bonchev–Trinajstić information content (AvgIpc) is 2.60. The predicted molar refractivity (Wildman–Crippen MR) is 97.6 cm³/mol. The molecule has 2 bridgehead atoms. The van der Waals surface area contributed by atoms with Crippen molar-refractivity contribution in [1.29, 1.82) is 0 Å². The van der Waals surface area contributed by atoms with Gasteiger partial charge in [-0.15, -0.1) is 0 Å². The summed E-state index contributed by atoms with van der Waals surface area (Å²) in [5.74, 6) is 0.703. The van der Waals surface area contributed by atoms with Gasteiger partial charge >= 0.3 is 0 Å². The van der Waals surface area contributed by atoms with Gasteiger partial charge in [-0.3, -0.25) is 9.59 Å². The molecule has 0 saturated heterocycles. The van der Waals surface area contributed by atoms with Gasteiger partial charge in [-0.25, -0.2) is 0 Å². The number of hydrogen-bond donors (Lipinski definition) is 3. The highest BCUT2D eigenvalue weighted by Gasteiger charge is 2.40. The molecule has 0 radical (unpaired) electrons. The Balaban J connectivity index is 1.75. The van der Waals surface area contributed by atoms with Crippen molar-refractivity contribution in [2.45, 2.75) is 63.6 Å². The Labute approximate surface area is 149 Å². The van der Waals surface area contributed by atoms with Crippen molar-refractivity contribution in [2.24, 2.45) is 17.6 Å². The van der Waals surface area contributed by atoms with Crippen LogP contribution >= 0.6 is 0 Å². The van der Waals surface area contributed by atoms with Crippen LogP contribution in [0.3, 0.4) is 0 Å². The maximum Gasteiger partial charge on any atom is 0.247 e. The maximum atomic E-state index is 13.0. The van der Waals surface area contributed by atoms with Crippen LogP contribution in [0.25, 0.3) is 0 Å². The van der Waals surface area contributed by atoms with Gasteiger partial charge in [-0.1, -0.05) is 43.7 Å². The number of fused-ring (bicyclic) bond motifs is 2. The third-order valence-electron chi connectivity index (χ3n) is 5.71. The smallest absolute Gasteiger partial charge is 0.247 e. The van der Waals surface area contributed by atoms with E-state index in [0.717, 1.165) is 31.2 Å². The third kappa shape index (κ3) is 4.21. The van der Waals surface area contributed by atoms with E-state index >= 15 is 0 Å². The van der Waals surface area contributed by atoms with Crippen molar-refractivity contribution in [1.82, 2.24) is 10.6 Å². The molecule has 2 fully saturated rings. The highest BCUT2D eigenvalue weighted by Crippen LogP contribution is 2.39. The van der Waals surface area contributed by atoms with Crippen LogP contribution in [0.4, 0.5) is 0 Å². The van der Waals surface area contributed by atoms with Gasteiger partial charge in [0.2, 0.25) is 11.8 Å². The molecule has 0 heterocycles. The molecule has 3 atom stereocenters. The summed E-state index contributed by atoms with van der Waals surface area (Å²) >= 11 is 0. The van der Waals surface area contributed by atoms with Crippen LogP contribution in [-0.4, -0.2) is 23.9 Å². The summed E-state index contributed by atoms with van der Waals surface area (Å²) in [4.78, 5) is 24.9. The van der Waals surface area contributed by atoms with Crippen molar-refractivity contribution in [3.05, 3.63) is 35.9 Å².